The van der Waals surface area contributed by atoms with Crippen molar-refractivity contribution in [1.29, 1.82) is 0 Å². The number of nitrogens with one attached hydrogen (secondary N) is 1. The molecule has 1 aliphatic carbocycles. The molecular formula is C21H25ClN2O2. The third-order valence-corrected chi connectivity index (χ3v) is 5.33. The van der Waals surface area contributed by atoms with E-state index in [2.05, 4.69) is 29.4 Å². The van der Waals surface area contributed by atoms with Crippen molar-refractivity contribution in [2.45, 2.75) is 32.2 Å². The minimum atomic E-state index is -0.101. The first kappa shape index (κ1) is 18.7. The highest BCUT2D eigenvalue weighted by molar-refractivity contribution is 6.06. The molecule has 26 heavy (non-hydrogen) atoms. The molecule has 1 aliphatic heterocycles. The quantitative estimate of drug-likeness (QED) is 0.889. The Morgan fingerprint density at radius 1 is 1.04 bits per heavy atom. The normalized spacial score (nSPS) is 15.6. The Morgan fingerprint density at radius 2 is 1.81 bits per heavy atom. The SMILES string of the molecule is COc1cc2c(cc1C(=O)Nc1ccc3c(c1)CN(C)CC3)CCC2.Cl. The highest BCUT2D eigenvalue weighted by Crippen LogP contribution is 2.30. The lowest BCUT2D eigenvalue weighted by Crippen LogP contribution is -2.26. The largest absolute Gasteiger partial charge is 0.496 e. The van der Waals surface area contributed by atoms with Gasteiger partial charge in [-0.15, -0.1) is 12.4 Å². The summed E-state index contributed by atoms with van der Waals surface area (Å²) in [6.45, 7) is 2.02. The number of amides is 1. The smallest absolute Gasteiger partial charge is 0.259 e. The lowest BCUT2D eigenvalue weighted by Gasteiger charge is -2.25. The molecule has 1 amide bonds. The van der Waals surface area contributed by atoms with Gasteiger partial charge in [0, 0.05) is 18.8 Å². The molecule has 4 rings (SSSR count). The third-order valence-electron chi connectivity index (χ3n) is 5.33. The number of likely N-dealkylation sites (N-methyl/N-ethyl adjacent to an activating group) is 1. The first-order valence-corrected chi connectivity index (χ1v) is 8.95. The van der Waals surface area contributed by atoms with Crippen molar-refractivity contribution < 1.29 is 9.53 Å². The number of rotatable bonds is 3. The molecule has 4 nitrogen and oxygen atoms in total. The van der Waals surface area contributed by atoms with Crippen LogP contribution in [0.3, 0.4) is 0 Å². The number of halogens is 1. The van der Waals surface area contributed by atoms with Crippen molar-refractivity contribution >= 4 is 24.0 Å². The van der Waals surface area contributed by atoms with Gasteiger partial charge in [0.25, 0.3) is 5.91 Å². The minimum absolute atomic E-state index is 0. The fourth-order valence-corrected chi connectivity index (χ4v) is 3.92. The summed E-state index contributed by atoms with van der Waals surface area (Å²) >= 11 is 0. The molecule has 0 atom stereocenters. The van der Waals surface area contributed by atoms with Gasteiger partial charge in [-0.25, -0.2) is 0 Å². The number of hydrogen-bond acceptors (Lipinski definition) is 3. The molecule has 138 valence electrons. The van der Waals surface area contributed by atoms with Crippen LogP contribution in [0, 0.1) is 0 Å². The Bertz CT molecular complexity index is 835. The van der Waals surface area contributed by atoms with Crippen LogP contribution >= 0.6 is 12.4 Å². The van der Waals surface area contributed by atoms with E-state index in [-0.39, 0.29) is 18.3 Å². The highest BCUT2D eigenvalue weighted by Gasteiger charge is 2.20. The minimum Gasteiger partial charge on any atom is -0.496 e. The van der Waals surface area contributed by atoms with Gasteiger partial charge in [-0.1, -0.05) is 6.07 Å². The Hall–Kier alpha value is -2.04. The second kappa shape index (κ2) is 7.68. The Kier molecular flexibility index (Phi) is 5.54. The van der Waals surface area contributed by atoms with Crippen molar-refractivity contribution in [3.05, 3.63) is 58.1 Å². The van der Waals surface area contributed by atoms with Crippen LogP contribution in [0.15, 0.2) is 30.3 Å². The van der Waals surface area contributed by atoms with E-state index in [1.165, 1.54) is 22.3 Å². The van der Waals surface area contributed by atoms with E-state index in [1.54, 1.807) is 7.11 Å². The van der Waals surface area contributed by atoms with Crippen LogP contribution in [-0.2, 0) is 25.8 Å². The maximum absolute atomic E-state index is 12.8. The van der Waals surface area contributed by atoms with Crippen LogP contribution in [0.2, 0.25) is 0 Å². The fourth-order valence-electron chi connectivity index (χ4n) is 3.92. The number of carbonyl (C=O) groups is 1. The van der Waals surface area contributed by atoms with Crippen molar-refractivity contribution in [2.24, 2.45) is 0 Å². The van der Waals surface area contributed by atoms with E-state index in [0.717, 1.165) is 44.5 Å². The number of methoxy groups -OCH3 is 1. The van der Waals surface area contributed by atoms with Crippen molar-refractivity contribution in [3.63, 3.8) is 0 Å². The molecule has 0 unspecified atom stereocenters. The van der Waals surface area contributed by atoms with Crippen molar-refractivity contribution in [3.8, 4) is 5.75 Å². The van der Waals surface area contributed by atoms with Crippen LogP contribution in [0.4, 0.5) is 5.69 Å². The van der Waals surface area contributed by atoms with Gasteiger partial charge >= 0.3 is 0 Å². The van der Waals surface area contributed by atoms with Crippen LogP contribution in [0.5, 0.6) is 5.75 Å². The van der Waals surface area contributed by atoms with Gasteiger partial charge in [-0.05, 0) is 79.3 Å². The van der Waals surface area contributed by atoms with Gasteiger partial charge in [0.2, 0.25) is 0 Å². The number of aryl methyl sites for hydroxylation is 2. The maximum atomic E-state index is 12.8. The number of ether oxygens (including phenoxy) is 1. The first-order valence-electron chi connectivity index (χ1n) is 8.95. The van der Waals surface area contributed by atoms with E-state index >= 15 is 0 Å². The van der Waals surface area contributed by atoms with E-state index in [9.17, 15) is 4.79 Å². The summed E-state index contributed by atoms with van der Waals surface area (Å²) < 4.78 is 5.47. The van der Waals surface area contributed by atoms with E-state index in [1.807, 2.05) is 18.2 Å². The van der Waals surface area contributed by atoms with Gasteiger partial charge in [0.1, 0.15) is 5.75 Å². The molecule has 0 fully saturated rings. The van der Waals surface area contributed by atoms with Gasteiger partial charge in [-0.3, -0.25) is 4.79 Å². The molecular weight excluding hydrogens is 348 g/mol. The molecule has 0 bridgehead atoms. The third kappa shape index (κ3) is 3.57. The highest BCUT2D eigenvalue weighted by atomic mass is 35.5. The summed E-state index contributed by atoms with van der Waals surface area (Å²) in [5.74, 6) is 0.562. The molecule has 2 aliphatic rings. The molecule has 0 aromatic heterocycles. The zero-order valence-corrected chi connectivity index (χ0v) is 16.1. The summed E-state index contributed by atoms with van der Waals surface area (Å²) in [6, 6.07) is 10.3. The molecule has 1 N–H and O–H groups in total. The topological polar surface area (TPSA) is 41.6 Å². The summed E-state index contributed by atoms with van der Waals surface area (Å²) in [5.41, 5.74) is 6.74. The van der Waals surface area contributed by atoms with E-state index in [0.29, 0.717) is 11.3 Å². The monoisotopic (exact) mass is 372 g/mol. The van der Waals surface area contributed by atoms with Gasteiger partial charge in [-0.2, -0.15) is 0 Å². The number of nitrogens with zero attached hydrogens (tertiary/aromatic N) is 1. The van der Waals surface area contributed by atoms with Crippen LogP contribution in [0.25, 0.3) is 0 Å². The van der Waals surface area contributed by atoms with Crippen LogP contribution in [-0.4, -0.2) is 31.5 Å². The Morgan fingerprint density at radius 3 is 2.58 bits per heavy atom. The summed E-state index contributed by atoms with van der Waals surface area (Å²) in [7, 11) is 3.76. The molecule has 0 radical (unpaired) electrons. The average Bonchev–Trinajstić information content (AvgIpc) is 3.07. The van der Waals surface area contributed by atoms with Gasteiger partial charge < -0.3 is 15.0 Å². The number of benzene rings is 2. The second-order valence-corrected chi connectivity index (χ2v) is 7.10. The number of anilines is 1. The van der Waals surface area contributed by atoms with Gasteiger partial charge in [0.05, 0.1) is 12.7 Å². The molecule has 0 saturated carbocycles. The average molecular weight is 373 g/mol. The van der Waals surface area contributed by atoms with Gasteiger partial charge in [0.15, 0.2) is 0 Å². The van der Waals surface area contributed by atoms with Crippen LogP contribution in [0.1, 0.15) is 39.0 Å². The predicted octanol–water partition coefficient (Wildman–Crippen LogP) is 3.85. The Labute approximate surface area is 160 Å². The summed E-state index contributed by atoms with van der Waals surface area (Å²) in [6.07, 6.45) is 4.34. The first-order chi connectivity index (χ1) is 12.1. The molecule has 2 aromatic rings. The van der Waals surface area contributed by atoms with Crippen LogP contribution < -0.4 is 10.1 Å². The number of fused-ring (bicyclic) bond motifs is 2. The fraction of sp³-hybridized carbons (Fsp3) is 0.381. The van der Waals surface area contributed by atoms with E-state index < -0.39 is 0 Å². The lowest BCUT2D eigenvalue weighted by atomic mass is 9.99. The lowest BCUT2D eigenvalue weighted by molar-refractivity contribution is 0.102. The summed E-state index contributed by atoms with van der Waals surface area (Å²) in [4.78, 5) is 15.1. The predicted molar refractivity (Wildman–Crippen MR) is 107 cm³/mol. The number of carbonyl (C=O) groups excluding carboxylic acids is 1. The molecule has 0 saturated heterocycles. The second-order valence-electron chi connectivity index (χ2n) is 7.10. The Balaban J connectivity index is 0.00000196. The number of hydrogen-bond donors (Lipinski definition) is 1. The standard InChI is InChI=1S/C21H24N2O2.ClH/c1-23-9-8-14-6-7-18(10-17(14)13-23)22-21(24)19-11-15-4-3-5-16(15)12-20(19)25-2;/h6-7,10-12H,3-5,8-9,13H2,1-2H3,(H,22,24);1H. The van der Waals surface area contributed by atoms with E-state index in [4.69, 9.17) is 4.74 Å². The molecule has 0 spiro atoms. The molecule has 5 heteroatoms. The molecule has 2 aromatic carbocycles. The summed E-state index contributed by atoms with van der Waals surface area (Å²) in [5, 5.41) is 3.05. The van der Waals surface area contributed by atoms with Crippen molar-refractivity contribution in [2.75, 3.05) is 26.0 Å². The molecule has 1 heterocycles. The zero-order valence-electron chi connectivity index (χ0n) is 15.3. The van der Waals surface area contributed by atoms with Crippen molar-refractivity contribution in [1.82, 2.24) is 4.90 Å². The maximum Gasteiger partial charge on any atom is 0.259 e. The zero-order chi connectivity index (χ0) is 17.4.